The zero-order valence-electron chi connectivity index (χ0n) is 13.2. The van der Waals surface area contributed by atoms with E-state index < -0.39 is 0 Å². The van der Waals surface area contributed by atoms with Crippen LogP contribution in [-0.4, -0.2) is 16.1 Å². The van der Waals surface area contributed by atoms with Crippen LogP contribution in [0, 0.1) is 0 Å². The molecule has 0 spiro atoms. The van der Waals surface area contributed by atoms with Crippen molar-refractivity contribution in [3.05, 3.63) is 17.2 Å². The van der Waals surface area contributed by atoms with E-state index in [9.17, 15) is 0 Å². The fourth-order valence-electron chi connectivity index (χ4n) is 4.75. The van der Waals surface area contributed by atoms with Gasteiger partial charge in [-0.3, -0.25) is 0 Å². The summed E-state index contributed by atoms with van der Waals surface area (Å²) in [5.41, 5.74) is 2.95. The molecule has 3 heteroatoms. The second-order valence-corrected chi connectivity index (χ2v) is 7.29. The highest BCUT2D eigenvalue weighted by molar-refractivity contribution is 5.23. The molecule has 0 aromatic carbocycles. The summed E-state index contributed by atoms with van der Waals surface area (Å²) in [6.45, 7) is 2.13. The lowest BCUT2D eigenvalue weighted by Gasteiger charge is -2.25. The zero-order chi connectivity index (χ0) is 14.1. The molecule has 2 aliphatic carbocycles. The molecule has 1 aliphatic heterocycles. The number of hydrogen-bond acceptors (Lipinski definition) is 2. The molecule has 3 aliphatic rings. The maximum absolute atomic E-state index is 5.14. The number of aromatic nitrogens is 2. The first-order valence-corrected chi connectivity index (χ1v) is 9.24. The van der Waals surface area contributed by atoms with Gasteiger partial charge in [-0.2, -0.15) is 0 Å². The fourth-order valence-corrected chi connectivity index (χ4v) is 4.75. The van der Waals surface area contributed by atoms with E-state index >= 15 is 0 Å². The lowest BCUT2D eigenvalue weighted by Crippen LogP contribution is -2.26. The molecule has 116 valence electrons. The van der Waals surface area contributed by atoms with Crippen LogP contribution in [0.5, 0.6) is 0 Å². The summed E-state index contributed by atoms with van der Waals surface area (Å²) < 4.78 is 2.75. The fraction of sp³-hybridized carbons (Fsp3) is 0.833. The molecule has 1 aromatic heterocycles. The number of nitrogens with zero attached hydrogens (tertiary/aromatic N) is 2. The lowest BCUT2D eigenvalue weighted by atomic mass is 10.0. The van der Waals surface area contributed by atoms with E-state index in [0.717, 1.165) is 25.0 Å². The van der Waals surface area contributed by atoms with Crippen LogP contribution in [0.4, 0.5) is 0 Å². The van der Waals surface area contributed by atoms with Crippen LogP contribution in [0.3, 0.4) is 0 Å². The molecule has 0 radical (unpaired) electrons. The summed E-state index contributed by atoms with van der Waals surface area (Å²) in [4.78, 5) is 5.14. The molecule has 0 saturated heterocycles. The van der Waals surface area contributed by atoms with Gasteiger partial charge in [0.25, 0.3) is 0 Å². The van der Waals surface area contributed by atoms with Crippen LogP contribution in [-0.2, 0) is 13.0 Å². The molecule has 21 heavy (non-hydrogen) atoms. The Morgan fingerprint density at radius 3 is 2.38 bits per heavy atom. The number of hydrogen-bond donors (Lipinski definition) is 1. The van der Waals surface area contributed by atoms with Crippen LogP contribution in [0.2, 0.25) is 0 Å². The molecule has 4 rings (SSSR count). The van der Waals surface area contributed by atoms with Crippen molar-refractivity contribution in [2.24, 2.45) is 0 Å². The Hall–Kier alpha value is -0.830. The van der Waals surface area contributed by atoms with Gasteiger partial charge in [0.15, 0.2) is 0 Å². The van der Waals surface area contributed by atoms with Crippen LogP contribution < -0.4 is 5.32 Å². The van der Waals surface area contributed by atoms with Gasteiger partial charge in [-0.15, -0.1) is 0 Å². The Morgan fingerprint density at radius 2 is 1.62 bits per heavy atom. The molecule has 3 nitrogen and oxygen atoms in total. The largest absolute Gasteiger partial charge is 0.328 e. The van der Waals surface area contributed by atoms with E-state index in [2.05, 4.69) is 9.88 Å². The summed E-state index contributed by atoms with van der Waals surface area (Å²) in [7, 11) is 0. The minimum absolute atomic E-state index is 0.748. The summed E-state index contributed by atoms with van der Waals surface area (Å²) in [5, 5.41) is 3.51. The summed E-state index contributed by atoms with van der Waals surface area (Å²) >= 11 is 0. The molecule has 0 unspecified atom stereocenters. The molecule has 2 heterocycles. The third-order valence-corrected chi connectivity index (χ3v) is 5.86. The summed E-state index contributed by atoms with van der Waals surface area (Å²) in [5.74, 6) is 2.21. The van der Waals surface area contributed by atoms with Crippen molar-refractivity contribution >= 4 is 0 Å². The summed E-state index contributed by atoms with van der Waals surface area (Å²) in [6.07, 6.45) is 15.2. The monoisotopic (exact) mass is 287 g/mol. The Labute approximate surface area is 128 Å². The van der Waals surface area contributed by atoms with Crippen LogP contribution in [0.15, 0.2) is 0 Å². The highest BCUT2D eigenvalue weighted by Gasteiger charge is 2.30. The number of rotatable bonds is 2. The highest BCUT2D eigenvalue weighted by Crippen LogP contribution is 2.39. The van der Waals surface area contributed by atoms with E-state index in [1.54, 1.807) is 5.69 Å². The predicted octanol–water partition coefficient (Wildman–Crippen LogP) is 4.08. The normalized spacial score (nSPS) is 25.0. The molecular weight excluding hydrogens is 258 g/mol. The second kappa shape index (κ2) is 6.12. The van der Waals surface area contributed by atoms with Crippen molar-refractivity contribution in [2.75, 3.05) is 6.54 Å². The van der Waals surface area contributed by atoms with Gasteiger partial charge in [0.2, 0.25) is 0 Å². The standard InChI is InChI=1S/C18H29N3/c1-2-4-10-15(9-3-1)21-17-11-12-19-13-16(17)20-18(21)14-7-5-6-8-14/h14-15,19H,1-13H2. The average molecular weight is 287 g/mol. The van der Waals surface area contributed by atoms with Crippen molar-refractivity contribution in [1.29, 1.82) is 0 Å². The maximum atomic E-state index is 5.14. The first-order chi connectivity index (χ1) is 10.4. The third-order valence-electron chi connectivity index (χ3n) is 5.86. The Bertz CT molecular complexity index is 477. The first-order valence-electron chi connectivity index (χ1n) is 9.24. The van der Waals surface area contributed by atoms with Crippen molar-refractivity contribution in [3.63, 3.8) is 0 Å². The Balaban J connectivity index is 1.72. The molecule has 0 amide bonds. The molecule has 0 bridgehead atoms. The number of imidazole rings is 1. The second-order valence-electron chi connectivity index (χ2n) is 7.29. The third kappa shape index (κ3) is 2.65. The Morgan fingerprint density at radius 1 is 0.905 bits per heavy atom. The Kier molecular flexibility index (Phi) is 4.02. The smallest absolute Gasteiger partial charge is 0.112 e. The minimum Gasteiger partial charge on any atom is -0.328 e. The minimum atomic E-state index is 0.748. The summed E-state index contributed by atoms with van der Waals surface area (Å²) in [6, 6.07) is 0.748. The first kappa shape index (κ1) is 13.8. The highest BCUT2D eigenvalue weighted by atomic mass is 15.1. The van der Waals surface area contributed by atoms with Gasteiger partial charge in [-0.05, 0) is 25.7 Å². The molecule has 2 fully saturated rings. The van der Waals surface area contributed by atoms with Crippen molar-refractivity contribution in [2.45, 2.75) is 89.1 Å². The van der Waals surface area contributed by atoms with E-state index in [0.29, 0.717) is 0 Å². The van der Waals surface area contributed by atoms with Crippen LogP contribution >= 0.6 is 0 Å². The van der Waals surface area contributed by atoms with Crippen molar-refractivity contribution in [1.82, 2.24) is 14.9 Å². The molecule has 2 saturated carbocycles. The van der Waals surface area contributed by atoms with Crippen LogP contribution in [0.1, 0.15) is 93.4 Å². The maximum Gasteiger partial charge on any atom is 0.112 e. The molecule has 0 atom stereocenters. The van der Waals surface area contributed by atoms with Crippen molar-refractivity contribution in [3.8, 4) is 0 Å². The van der Waals surface area contributed by atoms with Gasteiger partial charge in [0, 0.05) is 37.2 Å². The van der Waals surface area contributed by atoms with Gasteiger partial charge >= 0.3 is 0 Å². The predicted molar refractivity (Wildman–Crippen MR) is 85.6 cm³/mol. The lowest BCUT2D eigenvalue weighted by molar-refractivity contribution is 0.403. The molecule has 1 aromatic rings. The quantitative estimate of drug-likeness (QED) is 0.831. The molecule has 1 N–H and O–H groups in total. The van der Waals surface area contributed by atoms with E-state index in [1.807, 2.05) is 0 Å². The number of fused-ring (bicyclic) bond motifs is 1. The van der Waals surface area contributed by atoms with E-state index in [1.165, 1.54) is 82.1 Å². The molecular formula is C18H29N3. The SMILES string of the molecule is C1CCCC(n2c(C3CCCC3)nc3c2CCNC3)CC1. The van der Waals surface area contributed by atoms with E-state index in [-0.39, 0.29) is 0 Å². The number of nitrogens with one attached hydrogen (secondary N) is 1. The average Bonchev–Trinajstić information content (AvgIpc) is 3.09. The van der Waals surface area contributed by atoms with Crippen LogP contribution in [0.25, 0.3) is 0 Å². The van der Waals surface area contributed by atoms with Gasteiger partial charge in [-0.1, -0.05) is 38.5 Å². The topological polar surface area (TPSA) is 29.9 Å². The van der Waals surface area contributed by atoms with Gasteiger partial charge in [0.05, 0.1) is 5.69 Å². The van der Waals surface area contributed by atoms with Gasteiger partial charge < -0.3 is 9.88 Å². The zero-order valence-corrected chi connectivity index (χ0v) is 13.2. The van der Waals surface area contributed by atoms with E-state index in [4.69, 9.17) is 4.98 Å². The van der Waals surface area contributed by atoms with Gasteiger partial charge in [-0.25, -0.2) is 4.98 Å². The van der Waals surface area contributed by atoms with Gasteiger partial charge in [0.1, 0.15) is 5.82 Å². The van der Waals surface area contributed by atoms with Crippen molar-refractivity contribution < 1.29 is 0 Å².